The molecule has 0 saturated carbocycles. The fourth-order valence-corrected chi connectivity index (χ4v) is 7.64. The van der Waals surface area contributed by atoms with Crippen molar-refractivity contribution in [3.05, 3.63) is 68.4 Å². The second kappa shape index (κ2) is 14.3. The van der Waals surface area contributed by atoms with Crippen LogP contribution in [0.5, 0.6) is 34.5 Å². The van der Waals surface area contributed by atoms with Crippen LogP contribution in [-0.4, -0.2) is 80.5 Å². The lowest BCUT2D eigenvalue weighted by molar-refractivity contribution is -0.0488. The molecule has 2 aliphatic heterocycles. The van der Waals surface area contributed by atoms with Gasteiger partial charge in [0.15, 0.2) is 48.2 Å². The van der Waals surface area contributed by atoms with Crippen molar-refractivity contribution in [3.63, 3.8) is 0 Å². The van der Waals surface area contributed by atoms with E-state index in [4.69, 9.17) is 28.4 Å². The minimum atomic E-state index is -1.91. The van der Waals surface area contributed by atoms with Gasteiger partial charge in [0.1, 0.15) is 56.6 Å². The maximum atomic E-state index is 9.78. The number of ether oxygens (including phenoxy) is 6. The van der Waals surface area contributed by atoms with Crippen LogP contribution in [0.2, 0.25) is 0 Å². The van der Waals surface area contributed by atoms with Crippen molar-refractivity contribution in [1.29, 1.82) is 0 Å². The first-order chi connectivity index (χ1) is 23.3. The fraction of sp³-hybridized carbons (Fsp3) is 0.394. The first kappa shape index (κ1) is 35.2. The molecule has 0 fully saturated rings. The average molecular weight is 721 g/mol. The lowest BCUT2D eigenvalue weighted by atomic mass is 9.92. The topological polar surface area (TPSA) is 217 Å². The van der Waals surface area contributed by atoms with Crippen molar-refractivity contribution < 1.29 is 69.3 Å². The Balaban J connectivity index is 1.34. The summed E-state index contributed by atoms with van der Waals surface area (Å²) in [6, 6.07) is 7.80. The van der Waals surface area contributed by atoms with Crippen LogP contribution in [0.4, 0.5) is 0 Å². The predicted octanol–water partition coefficient (Wildman–Crippen LogP) is 2.71. The molecule has 0 aliphatic carbocycles. The summed E-state index contributed by atoms with van der Waals surface area (Å²) in [5.74, 6) is 2.54. The number of fused-ring (bicyclic) bond motifs is 2. The smallest absolute Gasteiger partial charge is 0.181 e. The first-order valence-electron chi connectivity index (χ1n) is 15.1. The molecule has 2 aromatic carbocycles. The zero-order chi connectivity index (χ0) is 35.0. The standard InChI is InChI=1S/C33H36O14S2/c1-15-23-25(43-4-3-42-23)27(48-15)28-26-24(16(2)49-28)46-13-33(14-47-26,11-44-21-7-17(29(34)35)5-18(8-21)30(36)37)12-45-22-9-19(31(38)39)6-20(10-22)32(40)41/h5-10,29-32,34-41H,3-4,11-14H2,1-2H3. The Hall–Kier alpha value is -3.68. The molecule has 0 bridgehead atoms. The molecular weight excluding hydrogens is 684 g/mol. The van der Waals surface area contributed by atoms with Gasteiger partial charge in [0, 0.05) is 32.0 Å². The van der Waals surface area contributed by atoms with E-state index in [9.17, 15) is 40.9 Å². The Kier molecular flexibility index (Phi) is 10.2. The van der Waals surface area contributed by atoms with Crippen LogP contribution < -0.4 is 28.4 Å². The van der Waals surface area contributed by atoms with E-state index in [1.807, 2.05) is 13.8 Å². The van der Waals surface area contributed by atoms with E-state index in [1.54, 1.807) is 0 Å². The SMILES string of the molecule is Cc1sc(-c2sc(C)c3c2OCC(COc2cc(C(O)O)cc(C(O)O)c2)(COc2cc(C(O)O)cc(C(O)O)c2)CO3)c2c1OCCO2. The molecule has 6 rings (SSSR count). The van der Waals surface area contributed by atoms with Gasteiger partial charge in [0.25, 0.3) is 0 Å². The maximum Gasteiger partial charge on any atom is 0.181 e. The van der Waals surface area contributed by atoms with Crippen LogP contribution >= 0.6 is 22.7 Å². The molecule has 16 heteroatoms. The van der Waals surface area contributed by atoms with Gasteiger partial charge in [-0.25, -0.2) is 0 Å². The van der Waals surface area contributed by atoms with E-state index < -0.39 is 30.6 Å². The van der Waals surface area contributed by atoms with Gasteiger partial charge < -0.3 is 69.3 Å². The molecule has 0 spiro atoms. The van der Waals surface area contributed by atoms with Gasteiger partial charge in [-0.05, 0) is 50.2 Å². The molecule has 49 heavy (non-hydrogen) atoms. The zero-order valence-corrected chi connectivity index (χ0v) is 28.0. The zero-order valence-electron chi connectivity index (χ0n) is 26.4. The predicted molar refractivity (Wildman–Crippen MR) is 174 cm³/mol. The highest BCUT2D eigenvalue weighted by Crippen LogP contribution is 2.57. The normalized spacial score (nSPS) is 15.3. The van der Waals surface area contributed by atoms with Crippen molar-refractivity contribution in [2.24, 2.45) is 5.41 Å². The molecule has 0 unspecified atom stereocenters. The highest BCUT2D eigenvalue weighted by molar-refractivity contribution is 7.23. The van der Waals surface area contributed by atoms with Gasteiger partial charge in [-0.15, -0.1) is 22.7 Å². The van der Waals surface area contributed by atoms with E-state index in [0.717, 1.165) is 19.5 Å². The number of aryl methyl sites for hydroxylation is 2. The third-order valence-electron chi connectivity index (χ3n) is 7.99. The largest absolute Gasteiger partial charge is 0.493 e. The summed E-state index contributed by atoms with van der Waals surface area (Å²) in [4.78, 5) is 3.44. The third kappa shape index (κ3) is 7.44. The molecule has 0 amide bonds. The van der Waals surface area contributed by atoms with E-state index in [1.165, 1.54) is 59.1 Å². The molecule has 4 aromatic rings. The molecule has 4 heterocycles. The Morgan fingerprint density at radius 1 is 0.551 bits per heavy atom. The number of hydrogen-bond donors (Lipinski definition) is 8. The summed E-state index contributed by atoms with van der Waals surface area (Å²) in [6.07, 6.45) is -7.64. The minimum absolute atomic E-state index is 0.00616. The van der Waals surface area contributed by atoms with Crippen molar-refractivity contribution >= 4 is 22.7 Å². The lowest BCUT2D eigenvalue weighted by Gasteiger charge is -2.31. The molecule has 264 valence electrons. The summed E-state index contributed by atoms with van der Waals surface area (Å²) >= 11 is 3.01. The highest BCUT2D eigenvalue weighted by atomic mass is 32.1. The number of benzene rings is 2. The summed E-state index contributed by atoms with van der Waals surface area (Å²) in [5, 5.41) is 78.2. The van der Waals surface area contributed by atoms with Gasteiger partial charge in [-0.2, -0.15) is 0 Å². The van der Waals surface area contributed by atoms with Crippen LogP contribution in [0, 0.1) is 19.3 Å². The Morgan fingerprint density at radius 3 is 1.31 bits per heavy atom. The summed E-state index contributed by atoms with van der Waals surface area (Å²) in [6.45, 7) is 4.39. The number of aliphatic hydroxyl groups excluding tert-OH is 4. The Labute approximate surface area is 288 Å². The van der Waals surface area contributed by atoms with Crippen LogP contribution in [0.25, 0.3) is 9.75 Å². The van der Waals surface area contributed by atoms with Crippen molar-refractivity contribution in [1.82, 2.24) is 0 Å². The van der Waals surface area contributed by atoms with Gasteiger partial charge in [-0.3, -0.25) is 0 Å². The third-order valence-corrected chi connectivity index (χ3v) is 10.3. The molecule has 0 atom stereocenters. The van der Waals surface area contributed by atoms with Crippen LogP contribution in [0.15, 0.2) is 36.4 Å². The van der Waals surface area contributed by atoms with E-state index >= 15 is 0 Å². The first-order valence-corrected chi connectivity index (χ1v) is 16.8. The van der Waals surface area contributed by atoms with Crippen molar-refractivity contribution in [2.75, 3.05) is 39.6 Å². The second-order valence-corrected chi connectivity index (χ2v) is 14.3. The summed E-state index contributed by atoms with van der Waals surface area (Å²) in [7, 11) is 0. The molecule has 0 saturated heterocycles. The summed E-state index contributed by atoms with van der Waals surface area (Å²) in [5.41, 5.74) is -1.22. The molecule has 0 radical (unpaired) electrons. The van der Waals surface area contributed by atoms with E-state index in [2.05, 4.69) is 0 Å². The van der Waals surface area contributed by atoms with Gasteiger partial charge in [0.2, 0.25) is 0 Å². The molecule has 2 aliphatic rings. The average Bonchev–Trinajstić information content (AvgIpc) is 3.50. The van der Waals surface area contributed by atoms with Gasteiger partial charge in [-0.1, -0.05) is 0 Å². The number of hydrogen-bond acceptors (Lipinski definition) is 16. The lowest BCUT2D eigenvalue weighted by Crippen LogP contribution is -2.44. The van der Waals surface area contributed by atoms with Crippen molar-refractivity contribution in [3.8, 4) is 44.3 Å². The van der Waals surface area contributed by atoms with Gasteiger partial charge >= 0.3 is 0 Å². The number of rotatable bonds is 11. The molecular formula is C33H36O14S2. The molecule has 2 aromatic heterocycles. The Morgan fingerprint density at radius 2 is 0.898 bits per heavy atom. The monoisotopic (exact) mass is 720 g/mol. The maximum absolute atomic E-state index is 9.78. The minimum Gasteiger partial charge on any atom is -0.493 e. The van der Waals surface area contributed by atoms with Crippen LogP contribution in [-0.2, 0) is 0 Å². The van der Waals surface area contributed by atoms with E-state index in [-0.39, 0.29) is 60.2 Å². The fourth-order valence-electron chi connectivity index (χ4n) is 5.43. The Bertz CT molecular complexity index is 1670. The highest BCUT2D eigenvalue weighted by Gasteiger charge is 2.41. The quantitative estimate of drug-likeness (QED) is 0.105. The van der Waals surface area contributed by atoms with Gasteiger partial charge in [0.05, 0.1) is 9.75 Å². The van der Waals surface area contributed by atoms with E-state index in [0.29, 0.717) is 36.2 Å². The molecule has 8 N–H and O–H groups in total. The van der Waals surface area contributed by atoms with Crippen LogP contribution in [0.1, 0.15) is 57.2 Å². The second-order valence-electron chi connectivity index (χ2n) is 11.8. The van der Waals surface area contributed by atoms with Crippen LogP contribution in [0.3, 0.4) is 0 Å². The number of thiophene rings is 2. The van der Waals surface area contributed by atoms with Crippen molar-refractivity contribution in [2.45, 2.75) is 39.0 Å². The summed E-state index contributed by atoms with van der Waals surface area (Å²) < 4.78 is 37.0. The number of aliphatic hydroxyl groups is 8. The molecule has 14 nitrogen and oxygen atoms in total.